The van der Waals surface area contributed by atoms with Crippen molar-refractivity contribution in [1.82, 2.24) is 14.8 Å². The van der Waals surface area contributed by atoms with Gasteiger partial charge in [-0.05, 0) is 6.42 Å². The average Bonchev–Trinajstić information content (AvgIpc) is 2.79. The third-order valence-corrected chi connectivity index (χ3v) is 5.39. The zero-order valence-corrected chi connectivity index (χ0v) is 11.0. The van der Waals surface area contributed by atoms with E-state index in [4.69, 9.17) is 5.26 Å². The van der Waals surface area contributed by atoms with Gasteiger partial charge in [-0.25, -0.2) is 8.42 Å². The first kappa shape index (κ1) is 12.4. The lowest BCUT2D eigenvalue weighted by molar-refractivity contribution is 0.599. The Labute approximate surface area is 104 Å². The summed E-state index contributed by atoms with van der Waals surface area (Å²) in [6.07, 6.45) is 0.608. The molecule has 1 aromatic rings. The molecule has 1 saturated heterocycles. The largest absolute Gasteiger partial charge is 0.309 e. The highest BCUT2D eigenvalue weighted by Gasteiger charge is 2.32. The minimum Gasteiger partial charge on any atom is -0.309 e. The lowest BCUT2D eigenvalue weighted by atomic mass is 10.1. The SMILES string of the molecule is Cn1c(SCC#N)nnc1[C@@H]1CCS(=O)(=O)C1. The fourth-order valence-corrected chi connectivity index (χ4v) is 4.22. The Kier molecular flexibility index (Phi) is 3.40. The fraction of sp³-hybridized carbons (Fsp3) is 0.667. The summed E-state index contributed by atoms with van der Waals surface area (Å²) in [4.78, 5) is 0. The first-order valence-corrected chi connectivity index (χ1v) is 7.93. The van der Waals surface area contributed by atoms with E-state index in [1.165, 1.54) is 11.8 Å². The van der Waals surface area contributed by atoms with Gasteiger partial charge >= 0.3 is 0 Å². The molecule has 1 aliphatic rings. The van der Waals surface area contributed by atoms with Crippen molar-refractivity contribution in [3.05, 3.63) is 5.82 Å². The Bertz CT molecular complexity index is 558. The smallest absolute Gasteiger partial charge is 0.191 e. The van der Waals surface area contributed by atoms with Crippen molar-refractivity contribution in [3.8, 4) is 6.07 Å². The predicted octanol–water partition coefficient (Wildman–Crippen LogP) is 0.333. The minimum atomic E-state index is -2.91. The molecule has 1 aromatic heterocycles. The Morgan fingerprint density at radius 2 is 2.35 bits per heavy atom. The summed E-state index contributed by atoms with van der Waals surface area (Å²) in [5.74, 6) is 1.34. The van der Waals surface area contributed by atoms with E-state index in [0.717, 1.165) is 0 Å². The van der Waals surface area contributed by atoms with Gasteiger partial charge < -0.3 is 4.57 Å². The second-order valence-corrected chi connectivity index (χ2v) is 7.12. The summed E-state index contributed by atoms with van der Waals surface area (Å²) >= 11 is 1.31. The Morgan fingerprint density at radius 3 is 2.94 bits per heavy atom. The van der Waals surface area contributed by atoms with E-state index in [1.54, 1.807) is 11.6 Å². The third kappa shape index (κ3) is 2.61. The molecule has 8 heteroatoms. The van der Waals surface area contributed by atoms with Gasteiger partial charge in [0, 0.05) is 13.0 Å². The monoisotopic (exact) mass is 272 g/mol. The first-order chi connectivity index (χ1) is 8.03. The van der Waals surface area contributed by atoms with Crippen LogP contribution in [0.1, 0.15) is 18.2 Å². The number of hydrogen-bond donors (Lipinski definition) is 0. The van der Waals surface area contributed by atoms with E-state index < -0.39 is 9.84 Å². The van der Waals surface area contributed by atoms with Crippen molar-refractivity contribution < 1.29 is 8.42 Å². The highest BCUT2D eigenvalue weighted by Crippen LogP contribution is 2.29. The molecule has 0 bridgehead atoms. The molecule has 6 nitrogen and oxygen atoms in total. The topological polar surface area (TPSA) is 88.6 Å². The zero-order chi connectivity index (χ0) is 12.5. The number of aromatic nitrogens is 3. The fourth-order valence-electron chi connectivity index (χ4n) is 1.90. The lowest BCUT2D eigenvalue weighted by Gasteiger charge is -2.06. The highest BCUT2D eigenvalue weighted by atomic mass is 32.2. The number of nitriles is 1. The van der Waals surface area contributed by atoms with Gasteiger partial charge in [-0.3, -0.25) is 0 Å². The number of thioether (sulfide) groups is 1. The molecule has 0 aromatic carbocycles. The molecule has 0 spiro atoms. The third-order valence-electron chi connectivity index (χ3n) is 2.73. The average molecular weight is 272 g/mol. The molecule has 17 heavy (non-hydrogen) atoms. The van der Waals surface area contributed by atoms with Crippen LogP contribution < -0.4 is 0 Å². The van der Waals surface area contributed by atoms with E-state index >= 15 is 0 Å². The molecule has 0 radical (unpaired) electrons. The summed E-state index contributed by atoms with van der Waals surface area (Å²) in [5, 5.41) is 17.2. The van der Waals surface area contributed by atoms with E-state index in [2.05, 4.69) is 10.2 Å². The van der Waals surface area contributed by atoms with Gasteiger partial charge in [0.1, 0.15) is 5.82 Å². The Balaban J connectivity index is 2.18. The molecule has 92 valence electrons. The van der Waals surface area contributed by atoms with E-state index in [-0.39, 0.29) is 17.4 Å². The van der Waals surface area contributed by atoms with Gasteiger partial charge in [-0.2, -0.15) is 5.26 Å². The molecule has 1 atom stereocenters. The van der Waals surface area contributed by atoms with Crippen LogP contribution >= 0.6 is 11.8 Å². The van der Waals surface area contributed by atoms with Crippen LogP contribution in [0.3, 0.4) is 0 Å². The number of hydrogen-bond acceptors (Lipinski definition) is 6. The van der Waals surface area contributed by atoms with Gasteiger partial charge in [0.15, 0.2) is 15.0 Å². The van der Waals surface area contributed by atoms with E-state index in [0.29, 0.717) is 23.2 Å². The Morgan fingerprint density at radius 1 is 1.59 bits per heavy atom. The van der Waals surface area contributed by atoms with Gasteiger partial charge in [-0.15, -0.1) is 10.2 Å². The molecule has 0 amide bonds. The summed E-state index contributed by atoms with van der Waals surface area (Å²) in [6, 6.07) is 2.02. The number of nitrogens with zero attached hydrogens (tertiary/aromatic N) is 4. The predicted molar refractivity (Wildman–Crippen MR) is 63.4 cm³/mol. The van der Waals surface area contributed by atoms with Crippen molar-refractivity contribution in [2.24, 2.45) is 7.05 Å². The van der Waals surface area contributed by atoms with Crippen LogP contribution in [0, 0.1) is 11.3 Å². The lowest BCUT2D eigenvalue weighted by Crippen LogP contribution is -2.09. The molecular weight excluding hydrogens is 260 g/mol. The Hall–Kier alpha value is -1.07. The van der Waals surface area contributed by atoms with Gasteiger partial charge in [0.05, 0.1) is 23.3 Å². The molecule has 1 aliphatic heterocycles. The van der Waals surface area contributed by atoms with Crippen LogP contribution in [0.4, 0.5) is 0 Å². The van der Waals surface area contributed by atoms with E-state index in [1.807, 2.05) is 6.07 Å². The van der Waals surface area contributed by atoms with Crippen molar-refractivity contribution >= 4 is 21.6 Å². The maximum absolute atomic E-state index is 11.4. The summed E-state index contributed by atoms with van der Waals surface area (Å²) in [6.45, 7) is 0. The molecule has 2 heterocycles. The summed E-state index contributed by atoms with van der Waals surface area (Å²) in [7, 11) is -1.10. The van der Waals surface area contributed by atoms with Crippen LogP contribution in [0.15, 0.2) is 5.16 Å². The molecule has 0 unspecified atom stereocenters. The molecule has 0 N–H and O–H groups in total. The zero-order valence-electron chi connectivity index (χ0n) is 9.33. The van der Waals surface area contributed by atoms with Crippen LogP contribution in [-0.4, -0.2) is 40.4 Å². The summed E-state index contributed by atoms with van der Waals surface area (Å²) in [5.41, 5.74) is 0. The molecule has 1 fully saturated rings. The highest BCUT2D eigenvalue weighted by molar-refractivity contribution is 7.99. The normalized spacial score (nSPS) is 22.5. The van der Waals surface area contributed by atoms with Gasteiger partial charge in [-0.1, -0.05) is 11.8 Å². The standard InChI is InChI=1S/C9H12N4O2S2/c1-13-8(7-2-5-17(14,15)6-7)11-12-9(13)16-4-3-10/h7H,2,4-6H2,1H3/t7-/m1/s1. The molecular formula is C9H12N4O2S2. The van der Waals surface area contributed by atoms with Gasteiger partial charge in [0.2, 0.25) is 0 Å². The number of sulfone groups is 1. The van der Waals surface area contributed by atoms with Crippen LogP contribution in [-0.2, 0) is 16.9 Å². The van der Waals surface area contributed by atoms with Gasteiger partial charge in [0.25, 0.3) is 0 Å². The number of rotatable bonds is 3. The maximum atomic E-state index is 11.4. The van der Waals surface area contributed by atoms with E-state index in [9.17, 15) is 8.42 Å². The second kappa shape index (κ2) is 4.66. The quantitative estimate of drug-likeness (QED) is 0.737. The van der Waals surface area contributed by atoms with Crippen LogP contribution in [0.25, 0.3) is 0 Å². The van der Waals surface area contributed by atoms with Crippen molar-refractivity contribution in [1.29, 1.82) is 5.26 Å². The van der Waals surface area contributed by atoms with Crippen molar-refractivity contribution in [2.75, 3.05) is 17.3 Å². The molecule has 0 aliphatic carbocycles. The minimum absolute atomic E-state index is 0.0612. The second-order valence-electron chi connectivity index (χ2n) is 3.95. The van der Waals surface area contributed by atoms with Crippen LogP contribution in [0.5, 0.6) is 0 Å². The maximum Gasteiger partial charge on any atom is 0.191 e. The molecule has 0 saturated carbocycles. The van der Waals surface area contributed by atoms with Crippen molar-refractivity contribution in [3.63, 3.8) is 0 Å². The van der Waals surface area contributed by atoms with Crippen molar-refractivity contribution in [2.45, 2.75) is 17.5 Å². The molecule has 2 rings (SSSR count). The summed E-state index contributed by atoms with van der Waals surface area (Å²) < 4.78 is 24.6. The van der Waals surface area contributed by atoms with Crippen LogP contribution in [0.2, 0.25) is 0 Å². The first-order valence-electron chi connectivity index (χ1n) is 5.13.